The fourth-order valence-corrected chi connectivity index (χ4v) is 6.04. The maximum Gasteiger partial charge on any atom is 0.305 e. The highest BCUT2D eigenvalue weighted by molar-refractivity contribution is 8.03. The molecule has 2 aliphatic rings. The van der Waals surface area contributed by atoms with Gasteiger partial charge in [-0.1, -0.05) is 23.7 Å². The number of aryl methyl sites for hydroxylation is 1. The third kappa shape index (κ3) is 3.68. The quantitative estimate of drug-likeness (QED) is 0.624. The van der Waals surface area contributed by atoms with Gasteiger partial charge in [-0.2, -0.15) is 0 Å². The summed E-state index contributed by atoms with van der Waals surface area (Å²) in [5, 5.41) is 19.3. The number of aliphatic carboxylic acids is 1. The summed E-state index contributed by atoms with van der Waals surface area (Å²) in [7, 11) is 0. The number of carboxylic acid groups (broad SMARTS) is 1. The second-order valence-corrected chi connectivity index (χ2v) is 10.8. The van der Waals surface area contributed by atoms with Crippen LogP contribution < -0.4 is 0 Å². The van der Waals surface area contributed by atoms with Crippen LogP contribution in [0, 0.1) is 6.92 Å². The molecular weight excluding hydrogens is 432 g/mol. The molecule has 1 N–H and O–H groups in total. The minimum absolute atomic E-state index is 0.0423. The molecule has 4 rings (SSSR count). The lowest BCUT2D eigenvalue weighted by molar-refractivity contribution is -0.138. The fraction of sp³-hybridized carbons (Fsp3) is 0.435. The Bertz CT molecular complexity index is 1110. The van der Waals surface area contributed by atoms with E-state index in [1.54, 1.807) is 11.8 Å². The number of fused-ring (bicyclic) bond motifs is 3. The summed E-state index contributed by atoms with van der Waals surface area (Å²) in [6.45, 7) is 12.5. The van der Waals surface area contributed by atoms with E-state index in [2.05, 4.69) is 54.3 Å². The molecular formula is C23H27ClN4O2S. The highest BCUT2D eigenvalue weighted by Crippen LogP contribution is 2.56. The Morgan fingerprint density at radius 1 is 1.16 bits per heavy atom. The van der Waals surface area contributed by atoms with Crippen LogP contribution in [0.25, 0.3) is 5.70 Å². The molecule has 8 heteroatoms. The Labute approximate surface area is 192 Å². The summed E-state index contributed by atoms with van der Waals surface area (Å²) in [5.74, 6) is 0.612. The third-order valence-corrected chi connectivity index (χ3v) is 7.49. The number of thioether (sulfide) groups is 1. The molecule has 0 amide bonds. The lowest BCUT2D eigenvalue weighted by Crippen LogP contribution is -2.43. The molecule has 0 radical (unpaired) electrons. The molecule has 2 aromatic rings. The van der Waals surface area contributed by atoms with Crippen LogP contribution >= 0.6 is 23.4 Å². The summed E-state index contributed by atoms with van der Waals surface area (Å²) in [6.07, 6.45) is -0.0705. The first-order valence-electron chi connectivity index (χ1n) is 10.3. The molecule has 0 saturated carbocycles. The minimum Gasteiger partial charge on any atom is -0.481 e. The molecule has 1 aromatic carbocycles. The van der Waals surface area contributed by atoms with E-state index in [4.69, 9.17) is 11.6 Å². The topological polar surface area (TPSA) is 71.2 Å². The van der Waals surface area contributed by atoms with Gasteiger partial charge in [0.05, 0.1) is 12.1 Å². The second-order valence-electron chi connectivity index (χ2n) is 9.05. The van der Waals surface area contributed by atoms with Gasteiger partial charge in [-0.15, -0.1) is 22.0 Å². The van der Waals surface area contributed by atoms with Crippen LogP contribution in [0.3, 0.4) is 0 Å². The van der Waals surface area contributed by atoms with Gasteiger partial charge in [0, 0.05) is 16.1 Å². The number of benzene rings is 1. The molecule has 2 aliphatic heterocycles. The molecule has 2 atom stereocenters. The molecule has 0 fully saturated rings. The first kappa shape index (κ1) is 22.0. The maximum absolute atomic E-state index is 12.0. The molecule has 31 heavy (non-hydrogen) atoms. The van der Waals surface area contributed by atoms with Crippen LogP contribution in [0.5, 0.6) is 0 Å². The Morgan fingerprint density at radius 3 is 2.39 bits per heavy atom. The highest BCUT2D eigenvalue weighted by Gasteiger charge is 2.45. The summed E-state index contributed by atoms with van der Waals surface area (Å²) < 4.78 is 2.12. The van der Waals surface area contributed by atoms with Crippen LogP contribution in [0.1, 0.15) is 69.7 Å². The summed E-state index contributed by atoms with van der Waals surface area (Å²) >= 11 is 7.97. The molecule has 1 aromatic heterocycles. The summed E-state index contributed by atoms with van der Waals surface area (Å²) in [6, 6.07) is 7.34. The van der Waals surface area contributed by atoms with Crippen molar-refractivity contribution in [3.8, 4) is 0 Å². The Kier molecular flexibility index (Phi) is 5.46. The van der Waals surface area contributed by atoms with E-state index in [1.807, 2.05) is 31.2 Å². The van der Waals surface area contributed by atoms with Crippen molar-refractivity contribution in [2.75, 3.05) is 0 Å². The smallest absolute Gasteiger partial charge is 0.305 e. The Balaban J connectivity index is 2.12. The van der Waals surface area contributed by atoms with Crippen molar-refractivity contribution in [2.24, 2.45) is 0 Å². The monoisotopic (exact) mass is 458 g/mol. The van der Waals surface area contributed by atoms with Crippen molar-refractivity contribution in [2.45, 2.75) is 64.9 Å². The van der Waals surface area contributed by atoms with Gasteiger partial charge in [0.2, 0.25) is 0 Å². The molecule has 0 saturated heterocycles. The molecule has 0 aliphatic carbocycles. The van der Waals surface area contributed by atoms with Crippen molar-refractivity contribution < 1.29 is 9.90 Å². The number of halogens is 1. The number of hydrogen-bond acceptors (Lipinski definition) is 5. The van der Waals surface area contributed by atoms with Crippen LogP contribution in [0.4, 0.5) is 0 Å². The van der Waals surface area contributed by atoms with E-state index in [-0.39, 0.29) is 17.3 Å². The zero-order valence-electron chi connectivity index (χ0n) is 18.6. The van der Waals surface area contributed by atoms with Crippen LogP contribution in [0.2, 0.25) is 5.02 Å². The second kappa shape index (κ2) is 7.71. The molecule has 0 bridgehead atoms. The number of allylic oxidation sites excluding steroid dienone is 2. The van der Waals surface area contributed by atoms with E-state index >= 15 is 0 Å². The standard InChI is InChI=1S/C23H27ClN4O2S/c1-12-13(2)31-22-19(12)20(15-7-9-16(24)10-8-15)28(23(4,5)6)17(11-18(29)30)21-26-25-14(3)27(21)22/h7-10,17,22H,11H2,1-6H3,(H,29,30). The van der Waals surface area contributed by atoms with Gasteiger partial charge in [0.1, 0.15) is 17.2 Å². The van der Waals surface area contributed by atoms with Crippen molar-refractivity contribution in [3.05, 3.63) is 62.6 Å². The summed E-state index contributed by atoms with van der Waals surface area (Å²) in [5.41, 5.74) is 4.07. The SMILES string of the molecule is CC1=C(C)C2=C(c3ccc(Cl)cc3)N(C(C)(C)C)C(CC(=O)O)c3nnc(C)n3C2S1. The average molecular weight is 459 g/mol. The molecule has 164 valence electrons. The van der Waals surface area contributed by atoms with Crippen LogP contribution in [-0.4, -0.2) is 36.3 Å². The zero-order valence-corrected chi connectivity index (χ0v) is 20.2. The van der Waals surface area contributed by atoms with Crippen LogP contribution in [0.15, 0.2) is 40.3 Å². The Hall–Kier alpha value is -2.25. The molecule has 6 nitrogen and oxygen atoms in total. The lowest BCUT2D eigenvalue weighted by Gasteiger charge is -2.44. The van der Waals surface area contributed by atoms with Crippen molar-refractivity contribution in [1.82, 2.24) is 19.7 Å². The average Bonchev–Trinajstić information content (AvgIpc) is 3.14. The van der Waals surface area contributed by atoms with Crippen molar-refractivity contribution >= 4 is 35.0 Å². The predicted octanol–water partition coefficient (Wildman–Crippen LogP) is 5.82. The van der Waals surface area contributed by atoms with Gasteiger partial charge in [-0.25, -0.2) is 0 Å². The van der Waals surface area contributed by atoms with Gasteiger partial charge in [0.15, 0.2) is 5.82 Å². The van der Waals surface area contributed by atoms with Gasteiger partial charge in [-0.3, -0.25) is 9.36 Å². The number of rotatable bonds is 3. The van der Waals surface area contributed by atoms with Gasteiger partial charge < -0.3 is 10.0 Å². The zero-order chi connectivity index (χ0) is 22.7. The largest absolute Gasteiger partial charge is 0.481 e. The number of carbonyl (C=O) groups is 1. The fourth-order valence-electron chi connectivity index (χ4n) is 4.52. The maximum atomic E-state index is 12.0. The van der Waals surface area contributed by atoms with E-state index in [0.29, 0.717) is 10.8 Å². The summed E-state index contributed by atoms with van der Waals surface area (Å²) in [4.78, 5) is 15.5. The number of nitrogens with zero attached hydrogens (tertiary/aromatic N) is 4. The van der Waals surface area contributed by atoms with Crippen LogP contribution in [-0.2, 0) is 4.79 Å². The van der Waals surface area contributed by atoms with E-state index < -0.39 is 12.0 Å². The van der Waals surface area contributed by atoms with Gasteiger partial charge >= 0.3 is 5.97 Å². The van der Waals surface area contributed by atoms with E-state index in [9.17, 15) is 9.90 Å². The first-order chi connectivity index (χ1) is 14.5. The molecule has 0 spiro atoms. The predicted molar refractivity (Wildman–Crippen MR) is 125 cm³/mol. The molecule has 3 heterocycles. The van der Waals surface area contributed by atoms with E-state index in [0.717, 1.165) is 17.1 Å². The number of hydrogen-bond donors (Lipinski definition) is 1. The minimum atomic E-state index is -0.866. The van der Waals surface area contributed by atoms with Gasteiger partial charge in [0.25, 0.3) is 0 Å². The van der Waals surface area contributed by atoms with Gasteiger partial charge in [-0.05, 0) is 69.7 Å². The first-order valence-corrected chi connectivity index (χ1v) is 11.5. The van der Waals surface area contributed by atoms with Crippen molar-refractivity contribution in [1.29, 1.82) is 0 Å². The normalized spacial score (nSPS) is 21.3. The Morgan fingerprint density at radius 2 is 1.81 bits per heavy atom. The highest BCUT2D eigenvalue weighted by atomic mass is 35.5. The third-order valence-electron chi connectivity index (χ3n) is 5.91. The number of carboxylic acids is 1. The lowest BCUT2D eigenvalue weighted by atomic mass is 9.93. The number of aromatic nitrogens is 3. The van der Waals surface area contributed by atoms with E-state index in [1.165, 1.54) is 16.1 Å². The molecule has 2 unspecified atom stereocenters. The van der Waals surface area contributed by atoms with Crippen molar-refractivity contribution in [3.63, 3.8) is 0 Å².